The zero-order valence-corrected chi connectivity index (χ0v) is 16.3. The molecule has 1 aromatic carbocycles. The molecule has 1 saturated carbocycles. The van der Waals surface area contributed by atoms with E-state index in [1.165, 1.54) is 36.0 Å². The number of anilines is 1. The lowest BCUT2D eigenvalue weighted by Crippen LogP contribution is -2.33. The minimum absolute atomic E-state index is 0.0938. The van der Waals surface area contributed by atoms with Crippen LogP contribution in [0.5, 0.6) is 0 Å². The van der Waals surface area contributed by atoms with E-state index >= 15 is 0 Å². The lowest BCUT2D eigenvalue weighted by molar-refractivity contribution is 0.221. The van der Waals surface area contributed by atoms with Gasteiger partial charge < -0.3 is 4.90 Å². The fourth-order valence-corrected chi connectivity index (χ4v) is 4.51. The molecule has 1 saturated heterocycles. The molecule has 144 valence electrons. The van der Waals surface area contributed by atoms with Crippen molar-refractivity contribution in [2.24, 2.45) is 0 Å². The van der Waals surface area contributed by atoms with Gasteiger partial charge in [0, 0.05) is 19.0 Å². The quantitative estimate of drug-likeness (QED) is 0.873. The van der Waals surface area contributed by atoms with E-state index in [9.17, 15) is 4.79 Å². The SMILES string of the molecule is Cc1ccc(C2CCN(C(=O)Nc3ncn(C4CCCCC4)n3)C2)c(C)c1. The highest BCUT2D eigenvalue weighted by atomic mass is 16.2. The van der Waals surface area contributed by atoms with Crippen LogP contribution >= 0.6 is 0 Å². The van der Waals surface area contributed by atoms with Gasteiger partial charge in [-0.15, -0.1) is 5.10 Å². The molecule has 1 unspecified atom stereocenters. The van der Waals surface area contributed by atoms with Crippen LogP contribution in [0, 0.1) is 13.8 Å². The first-order valence-corrected chi connectivity index (χ1v) is 10.1. The van der Waals surface area contributed by atoms with Crippen molar-refractivity contribution in [2.75, 3.05) is 18.4 Å². The number of benzene rings is 1. The Morgan fingerprint density at radius 2 is 1.96 bits per heavy atom. The number of aromatic nitrogens is 3. The van der Waals surface area contributed by atoms with Crippen LogP contribution in [0.2, 0.25) is 0 Å². The van der Waals surface area contributed by atoms with E-state index in [0.29, 0.717) is 17.9 Å². The molecule has 2 amide bonds. The average molecular weight is 367 g/mol. The van der Waals surface area contributed by atoms with Crippen molar-refractivity contribution in [3.05, 3.63) is 41.2 Å². The number of amides is 2. The van der Waals surface area contributed by atoms with Gasteiger partial charge in [0.25, 0.3) is 0 Å². The van der Waals surface area contributed by atoms with Gasteiger partial charge in [-0.05, 0) is 44.2 Å². The Hall–Kier alpha value is -2.37. The Bertz CT molecular complexity index is 809. The molecule has 6 nitrogen and oxygen atoms in total. The number of likely N-dealkylation sites (tertiary alicyclic amines) is 1. The van der Waals surface area contributed by atoms with Crippen molar-refractivity contribution in [2.45, 2.75) is 64.3 Å². The molecule has 1 aliphatic heterocycles. The van der Waals surface area contributed by atoms with E-state index in [0.717, 1.165) is 32.4 Å². The second-order valence-corrected chi connectivity index (χ2v) is 8.06. The Labute approximate surface area is 161 Å². The number of rotatable bonds is 3. The number of carbonyl (C=O) groups is 1. The summed E-state index contributed by atoms with van der Waals surface area (Å²) in [6.07, 6.45) is 8.88. The third kappa shape index (κ3) is 3.99. The van der Waals surface area contributed by atoms with E-state index < -0.39 is 0 Å². The summed E-state index contributed by atoms with van der Waals surface area (Å²) in [4.78, 5) is 18.8. The van der Waals surface area contributed by atoms with E-state index in [-0.39, 0.29) is 6.03 Å². The maximum atomic E-state index is 12.6. The van der Waals surface area contributed by atoms with Crippen LogP contribution in [0.4, 0.5) is 10.7 Å². The minimum atomic E-state index is -0.0938. The lowest BCUT2D eigenvalue weighted by atomic mass is 9.93. The number of aryl methyl sites for hydroxylation is 2. The molecule has 2 heterocycles. The molecule has 2 aliphatic rings. The first-order chi connectivity index (χ1) is 13.1. The van der Waals surface area contributed by atoms with Gasteiger partial charge in [0.1, 0.15) is 6.33 Å². The molecule has 2 aromatic rings. The standard InChI is InChI=1S/C21H29N5O/c1-15-8-9-19(16(2)12-15)17-10-11-25(13-17)21(27)23-20-22-14-26(24-20)18-6-4-3-5-7-18/h8-9,12,14,17-18H,3-7,10-11,13H2,1-2H3,(H,23,24,27). The normalized spacial score (nSPS) is 20.8. The van der Waals surface area contributed by atoms with Gasteiger partial charge in [0.2, 0.25) is 5.95 Å². The monoisotopic (exact) mass is 367 g/mol. The first-order valence-electron chi connectivity index (χ1n) is 10.1. The van der Waals surface area contributed by atoms with Crippen LogP contribution in [-0.4, -0.2) is 38.8 Å². The van der Waals surface area contributed by atoms with Gasteiger partial charge in [-0.3, -0.25) is 5.32 Å². The molecular formula is C21H29N5O. The highest BCUT2D eigenvalue weighted by molar-refractivity contribution is 5.87. The van der Waals surface area contributed by atoms with Gasteiger partial charge in [0.15, 0.2) is 0 Å². The maximum absolute atomic E-state index is 12.6. The van der Waals surface area contributed by atoms with Gasteiger partial charge in [0.05, 0.1) is 6.04 Å². The van der Waals surface area contributed by atoms with Crippen LogP contribution in [0.15, 0.2) is 24.5 Å². The highest BCUT2D eigenvalue weighted by Crippen LogP contribution is 2.30. The molecule has 0 spiro atoms. The lowest BCUT2D eigenvalue weighted by Gasteiger charge is -2.21. The Morgan fingerprint density at radius 3 is 2.74 bits per heavy atom. The number of nitrogens with zero attached hydrogens (tertiary/aromatic N) is 4. The second-order valence-electron chi connectivity index (χ2n) is 8.06. The summed E-state index contributed by atoms with van der Waals surface area (Å²) in [6, 6.07) is 6.93. The summed E-state index contributed by atoms with van der Waals surface area (Å²) >= 11 is 0. The third-order valence-electron chi connectivity index (χ3n) is 6.02. The van der Waals surface area contributed by atoms with Gasteiger partial charge >= 0.3 is 6.03 Å². The Kier molecular flexibility index (Phi) is 5.14. The summed E-state index contributed by atoms with van der Waals surface area (Å²) in [6.45, 7) is 5.80. The summed E-state index contributed by atoms with van der Waals surface area (Å²) in [5.41, 5.74) is 3.95. The third-order valence-corrected chi connectivity index (χ3v) is 6.02. The van der Waals surface area contributed by atoms with Crippen LogP contribution in [-0.2, 0) is 0 Å². The molecule has 1 aliphatic carbocycles. The van der Waals surface area contributed by atoms with Crippen LogP contribution < -0.4 is 5.32 Å². The van der Waals surface area contributed by atoms with E-state index in [2.05, 4.69) is 47.4 Å². The topological polar surface area (TPSA) is 63.1 Å². The fourth-order valence-electron chi connectivity index (χ4n) is 4.51. The van der Waals surface area contributed by atoms with E-state index in [1.807, 2.05) is 9.58 Å². The molecule has 0 radical (unpaired) electrons. The first kappa shape index (κ1) is 18.0. The van der Waals surface area contributed by atoms with Crippen molar-refractivity contribution < 1.29 is 4.79 Å². The summed E-state index contributed by atoms with van der Waals surface area (Å²) in [5.74, 6) is 0.824. The number of nitrogens with one attached hydrogen (secondary N) is 1. The van der Waals surface area contributed by atoms with Crippen molar-refractivity contribution in [1.82, 2.24) is 19.7 Å². The highest BCUT2D eigenvalue weighted by Gasteiger charge is 2.29. The Balaban J connectivity index is 1.36. The largest absolute Gasteiger partial charge is 0.324 e. The van der Waals surface area contributed by atoms with Crippen molar-refractivity contribution in [1.29, 1.82) is 0 Å². The number of carbonyl (C=O) groups excluding carboxylic acids is 1. The predicted octanol–water partition coefficient (Wildman–Crippen LogP) is 4.42. The van der Waals surface area contributed by atoms with Gasteiger partial charge in [-0.25, -0.2) is 14.5 Å². The molecule has 27 heavy (non-hydrogen) atoms. The molecular weight excluding hydrogens is 338 g/mol. The molecule has 6 heteroatoms. The predicted molar refractivity (Wildman–Crippen MR) is 106 cm³/mol. The van der Waals surface area contributed by atoms with Crippen molar-refractivity contribution >= 4 is 12.0 Å². The Morgan fingerprint density at radius 1 is 1.15 bits per heavy atom. The summed E-state index contributed by atoms with van der Waals surface area (Å²) in [7, 11) is 0. The van der Waals surface area contributed by atoms with Crippen LogP contribution in [0.3, 0.4) is 0 Å². The summed E-state index contributed by atoms with van der Waals surface area (Å²) in [5, 5.41) is 7.38. The number of urea groups is 1. The maximum Gasteiger partial charge on any atom is 0.324 e. The van der Waals surface area contributed by atoms with Crippen LogP contribution in [0.1, 0.15) is 67.2 Å². The molecule has 1 N–H and O–H groups in total. The van der Waals surface area contributed by atoms with E-state index in [1.54, 1.807) is 6.33 Å². The second kappa shape index (κ2) is 7.71. The molecule has 1 atom stereocenters. The van der Waals surface area contributed by atoms with E-state index in [4.69, 9.17) is 0 Å². The smallest absolute Gasteiger partial charge is 0.324 e. The minimum Gasteiger partial charge on any atom is -0.324 e. The molecule has 0 bridgehead atoms. The number of hydrogen-bond acceptors (Lipinski definition) is 3. The van der Waals surface area contributed by atoms with Crippen LogP contribution in [0.25, 0.3) is 0 Å². The zero-order chi connectivity index (χ0) is 18.8. The summed E-state index contributed by atoms with van der Waals surface area (Å²) < 4.78 is 1.93. The van der Waals surface area contributed by atoms with Gasteiger partial charge in [-0.1, -0.05) is 43.0 Å². The molecule has 1 aromatic heterocycles. The number of hydrogen-bond donors (Lipinski definition) is 1. The van der Waals surface area contributed by atoms with Crippen molar-refractivity contribution in [3.8, 4) is 0 Å². The van der Waals surface area contributed by atoms with Gasteiger partial charge in [-0.2, -0.15) is 0 Å². The zero-order valence-electron chi connectivity index (χ0n) is 16.3. The molecule has 2 fully saturated rings. The fraction of sp³-hybridized carbons (Fsp3) is 0.571. The van der Waals surface area contributed by atoms with Crippen molar-refractivity contribution in [3.63, 3.8) is 0 Å². The molecule has 4 rings (SSSR count). The average Bonchev–Trinajstić information content (AvgIpc) is 3.32.